The highest BCUT2D eigenvalue weighted by Crippen LogP contribution is 2.42. The molecule has 2 aromatic rings. The van der Waals surface area contributed by atoms with E-state index >= 15 is 0 Å². The van der Waals surface area contributed by atoms with E-state index in [0.717, 1.165) is 9.86 Å². The minimum Gasteiger partial charge on any atom is -0.229 e. The average Bonchev–Trinajstić information content (AvgIpc) is 2.56. The maximum absolute atomic E-state index is 4.58. The fourth-order valence-electron chi connectivity index (χ4n) is 1.05. The van der Waals surface area contributed by atoms with Gasteiger partial charge in [-0.15, -0.1) is 11.3 Å². The molecule has 0 fully saturated rings. The molecule has 4 heteroatoms. The molecule has 15 heavy (non-hydrogen) atoms. The van der Waals surface area contributed by atoms with E-state index in [1.165, 1.54) is 4.70 Å². The van der Waals surface area contributed by atoms with Crippen molar-refractivity contribution in [1.29, 1.82) is 0 Å². The lowest BCUT2D eigenvalue weighted by molar-refractivity contribution is 0.810. The molecule has 0 saturated heterocycles. The van der Waals surface area contributed by atoms with Crippen LogP contribution in [0.15, 0.2) is 28.6 Å². The van der Waals surface area contributed by atoms with Gasteiger partial charge in [0.1, 0.15) is 0 Å². The molecule has 0 aliphatic carbocycles. The van der Waals surface area contributed by atoms with Crippen LogP contribution >= 0.6 is 32.9 Å². The number of nitrogens with zero attached hydrogens (tertiary/aromatic N) is 1. The van der Waals surface area contributed by atoms with E-state index in [1.54, 1.807) is 22.1 Å². The average molecular weight is 255 g/mol. The van der Waals surface area contributed by atoms with E-state index in [4.69, 9.17) is 0 Å². The highest BCUT2D eigenvalue weighted by molar-refractivity contribution is 8.77. The molecule has 80 valence electrons. The van der Waals surface area contributed by atoms with Crippen LogP contribution in [0.4, 0.5) is 0 Å². The number of benzene rings is 1. The third-order valence-corrected chi connectivity index (χ3v) is 6.33. The fourth-order valence-corrected chi connectivity index (χ4v) is 4.29. The second kappa shape index (κ2) is 4.36. The summed E-state index contributed by atoms with van der Waals surface area (Å²) in [5.74, 6) is 0. The van der Waals surface area contributed by atoms with Gasteiger partial charge in [-0.2, -0.15) is 0 Å². The van der Waals surface area contributed by atoms with Gasteiger partial charge in [0.2, 0.25) is 0 Å². The normalized spacial score (nSPS) is 12.2. The Kier molecular flexibility index (Phi) is 3.28. The lowest BCUT2D eigenvalue weighted by Gasteiger charge is -2.14. The van der Waals surface area contributed by atoms with E-state index in [2.05, 4.69) is 44.0 Å². The molecule has 0 bridgehead atoms. The summed E-state index contributed by atoms with van der Waals surface area (Å²) in [4.78, 5) is 4.58. The highest BCUT2D eigenvalue weighted by atomic mass is 33.1. The van der Waals surface area contributed by atoms with Crippen molar-refractivity contribution in [2.75, 3.05) is 0 Å². The standard InChI is InChI=1S/C11H13NS3/c1-11(2,3)15-14-10-12-8-6-4-5-7-9(8)13-10/h4-7H,1-3H3. The Hall–Kier alpha value is -0.190. The molecule has 0 aliphatic heterocycles. The Morgan fingerprint density at radius 2 is 1.93 bits per heavy atom. The van der Waals surface area contributed by atoms with Gasteiger partial charge in [0.15, 0.2) is 4.34 Å². The first-order valence-electron chi connectivity index (χ1n) is 4.76. The van der Waals surface area contributed by atoms with E-state index < -0.39 is 0 Å². The van der Waals surface area contributed by atoms with Crippen LogP contribution in [0, 0.1) is 0 Å². The zero-order valence-corrected chi connectivity index (χ0v) is 11.4. The molecule has 0 spiro atoms. The van der Waals surface area contributed by atoms with Crippen LogP contribution in [0.2, 0.25) is 0 Å². The van der Waals surface area contributed by atoms with Gasteiger partial charge in [0.25, 0.3) is 0 Å². The first-order chi connectivity index (χ1) is 7.04. The number of thiazole rings is 1. The Morgan fingerprint density at radius 3 is 2.60 bits per heavy atom. The van der Waals surface area contributed by atoms with Crippen LogP contribution in [0.25, 0.3) is 10.2 Å². The second-order valence-electron chi connectivity index (χ2n) is 4.23. The lowest BCUT2D eigenvalue weighted by Crippen LogP contribution is -2.04. The van der Waals surface area contributed by atoms with Gasteiger partial charge in [0.05, 0.1) is 10.2 Å². The van der Waals surface area contributed by atoms with Gasteiger partial charge in [-0.05, 0) is 22.9 Å². The molecule has 0 aliphatic rings. The smallest absolute Gasteiger partial charge is 0.161 e. The van der Waals surface area contributed by atoms with E-state index in [-0.39, 0.29) is 4.75 Å². The summed E-state index contributed by atoms with van der Waals surface area (Å²) in [6.45, 7) is 6.66. The van der Waals surface area contributed by atoms with Gasteiger partial charge in [-0.3, -0.25) is 0 Å². The monoisotopic (exact) mass is 255 g/mol. The SMILES string of the molecule is CC(C)(C)SSc1nc2ccccc2s1. The predicted molar refractivity (Wildman–Crippen MR) is 72.8 cm³/mol. The fraction of sp³-hybridized carbons (Fsp3) is 0.364. The molecular weight excluding hydrogens is 242 g/mol. The van der Waals surface area contributed by atoms with Crippen LogP contribution in [0.1, 0.15) is 20.8 Å². The molecule has 0 unspecified atom stereocenters. The van der Waals surface area contributed by atoms with Crippen molar-refractivity contribution in [2.45, 2.75) is 29.9 Å². The number of rotatable bonds is 2. The zero-order chi connectivity index (χ0) is 10.9. The molecule has 0 radical (unpaired) electrons. The summed E-state index contributed by atoms with van der Waals surface area (Å²) in [6, 6.07) is 8.29. The molecule has 0 atom stereocenters. The first kappa shape index (κ1) is 11.3. The summed E-state index contributed by atoms with van der Waals surface area (Å²) < 4.78 is 2.70. The van der Waals surface area contributed by atoms with Gasteiger partial charge in [-0.25, -0.2) is 4.98 Å². The topological polar surface area (TPSA) is 12.9 Å². The third kappa shape index (κ3) is 3.13. The van der Waals surface area contributed by atoms with Crippen molar-refractivity contribution in [3.8, 4) is 0 Å². The number of para-hydroxylation sites is 1. The number of hydrogen-bond acceptors (Lipinski definition) is 4. The minimum atomic E-state index is 0.280. The number of hydrogen-bond donors (Lipinski definition) is 0. The largest absolute Gasteiger partial charge is 0.229 e. The molecule has 1 heterocycles. The van der Waals surface area contributed by atoms with Gasteiger partial charge < -0.3 is 0 Å². The van der Waals surface area contributed by atoms with Crippen LogP contribution in [0.3, 0.4) is 0 Å². The Morgan fingerprint density at radius 1 is 1.20 bits per heavy atom. The van der Waals surface area contributed by atoms with Crippen molar-refractivity contribution in [2.24, 2.45) is 0 Å². The minimum absolute atomic E-state index is 0.280. The van der Waals surface area contributed by atoms with Crippen molar-refractivity contribution < 1.29 is 0 Å². The zero-order valence-electron chi connectivity index (χ0n) is 8.98. The molecule has 2 rings (SSSR count). The maximum Gasteiger partial charge on any atom is 0.161 e. The molecule has 0 saturated carbocycles. The summed E-state index contributed by atoms with van der Waals surface area (Å²) in [6.07, 6.45) is 0. The highest BCUT2D eigenvalue weighted by Gasteiger charge is 2.13. The summed E-state index contributed by atoms with van der Waals surface area (Å²) in [5.41, 5.74) is 1.11. The summed E-state index contributed by atoms with van der Waals surface area (Å²) in [5, 5.41) is 0. The summed E-state index contributed by atoms with van der Waals surface area (Å²) >= 11 is 1.77. The second-order valence-corrected chi connectivity index (χ2v) is 8.46. The number of aromatic nitrogens is 1. The summed E-state index contributed by atoms with van der Waals surface area (Å²) in [7, 11) is 3.64. The first-order valence-corrected chi connectivity index (χ1v) is 7.72. The number of fused-ring (bicyclic) bond motifs is 1. The van der Waals surface area contributed by atoms with Crippen molar-refractivity contribution in [3.63, 3.8) is 0 Å². The van der Waals surface area contributed by atoms with Crippen molar-refractivity contribution >= 4 is 43.1 Å². The van der Waals surface area contributed by atoms with Gasteiger partial charge in [0, 0.05) is 4.75 Å². The van der Waals surface area contributed by atoms with E-state index in [0.29, 0.717) is 0 Å². The van der Waals surface area contributed by atoms with Crippen molar-refractivity contribution in [3.05, 3.63) is 24.3 Å². The third-order valence-electron chi connectivity index (χ3n) is 1.64. The maximum atomic E-state index is 4.58. The molecule has 1 nitrogen and oxygen atoms in total. The predicted octanol–water partition coefficient (Wildman–Crippen LogP) is 4.84. The Bertz CT molecular complexity index is 423. The van der Waals surface area contributed by atoms with Gasteiger partial charge in [-0.1, -0.05) is 43.7 Å². The van der Waals surface area contributed by atoms with E-state index in [1.807, 2.05) is 16.9 Å². The van der Waals surface area contributed by atoms with Crippen LogP contribution in [-0.2, 0) is 0 Å². The Labute approximate surface area is 102 Å². The van der Waals surface area contributed by atoms with Crippen LogP contribution in [0.5, 0.6) is 0 Å². The Balaban J connectivity index is 2.16. The van der Waals surface area contributed by atoms with Crippen LogP contribution in [-0.4, -0.2) is 9.73 Å². The van der Waals surface area contributed by atoms with Crippen LogP contribution < -0.4 is 0 Å². The van der Waals surface area contributed by atoms with Crippen molar-refractivity contribution in [1.82, 2.24) is 4.98 Å². The molecule has 0 N–H and O–H groups in total. The quantitative estimate of drug-likeness (QED) is 0.713. The molecule has 1 aromatic heterocycles. The lowest BCUT2D eigenvalue weighted by atomic mass is 10.3. The van der Waals surface area contributed by atoms with Gasteiger partial charge >= 0.3 is 0 Å². The molecule has 0 amide bonds. The van der Waals surface area contributed by atoms with E-state index in [9.17, 15) is 0 Å². The molecule has 1 aromatic carbocycles. The molecular formula is C11H13NS3.